The summed E-state index contributed by atoms with van der Waals surface area (Å²) in [7, 11) is 0. The van der Waals surface area contributed by atoms with Gasteiger partial charge in [-0.2, -0.15) is 0 Å². The van der Waals surface area contributed by atoms with E-state index in [4.69, 9.17) is 0 Å². The van der Waals surface area contributed by atoms with Gasteiger partial charge in [-0.3, -0.25) is 0 Å². The first-order valence-electron chi connectivity index (χ1n) is 5.70. The third-order valence-corrected chi connectivity index (χ3v) is 2.61. The molecule has 0 aromatic rings. The summed E-state index contributed by atoms with van der Waals surface area (Å²) in [6.07, 6.45) is 10.8. The summed E-state index contributed by atoms with van der Waals surface area (Å²) in [4.78, 5) is 0. The van der Waals surface area contributed by atoms with E-state index in [-0.39, 0.29) is 0 Å². The van der Waals surface area contributed by atoms with Crippen molar-refractivity contribution in [1.82, 2.24) is 0 Å². The Kier molecular flexibility index (Phi) is 8.18. The van der Waals surface area contributed by atoms with Crippen molar-refractivity contribution in [2.75, 3.05) is 0 Å². The quantitative estimate of drug-likeness (QED) is 0.503. The van der Waals surface area contributed by atoms with Gasteiger partial charge in [0.25, 0.3) is 0 Å². The Morgan fingerprint density at radius 3 is 2.46 bits per heavy atom. The van der Waals surface area contributed by atoms with Crippen molar-refractivity contribution in [2.24, 2.45) is 11.8 Å². The minimum Gasteiger partial charge on any atom is -0.0883 e. The van der Waals surface area contributed by atoms with E-state index in [2.05, 4.69) is 39.8 Å². The molecule has 0 aliphatic heterocycles. The molecule has 2 unspecified atom stereocenters. The van der Waals surface area contributed by atoms with Gasteiger partial charge in [-0.25, -0.2) is 0 Å². The molecule has 2 atom stereocenters. The highest BCUT2D eigenvalue weighted by Gasteiger charge is 2.07. The number of rotatable bonds is 7. The van der Waals surface area contributed by atoms with E-state index in [0.29, 0.717) is 0 Å². The highest BCUT2D eigenvalue weighted by molar-refractivity contribution is 4.87. The van der Waals surface area contributed by atoms with E-state index in [1.165, 1.54) is 25.7 Å². The lowest BCUT2D eigenvalue weighted by Crippen LogP contribution is -2.03. The molecule has 0 saturated carbocycles. The molecule has 0 fully saturated rings. The molecule has 0 heteroatoms. The van der Waals surface area contributed by atoms with Crippen LogP contribution in [0.2, 0.25) is 0 Å². The molecule has 0 bridgehead atoms. The summed E-state index contributed by atoms with van der Waals surface area (Å²) >= 11 is 0. The second kappa shape index (κ2) is 8.34. The third kappa shape index (κ3) is 6.86. The molecule has 0 N–H and O–H groups in total. The molecule has 0 saturated heterocycles. The molecule has 0 heterocycles. The fraction of sp³-hybridized carbons (Fsp3) is 0.769. The average molecular weight is 181 g/mol. The zero-order valence-electron chi connectivity index (χ0n) is 9.55. The number of hydrogen-bond donors (Lipinski definition) is 0. The summed E-state index contributed by atoms with van der Waals surface area (Å²) in [5.41, 5.74) is 0. The van der Waals surface area contributed by atoms with Gasteiger partial charge in [-0.1, -0.05) is 52.2 Å². The van der Waals surface area contributed by atoms with Gasteiger partial charge in [-0.15, -0.1) is 0 Å². The molecule has 1 radical (unpaired) electrons. The molecular formula is C13H25. The van der Waals surface area contributed by atoms with Gasteiger partial charge >= 0.3 is 0 Å². The van der Waals surface area contributed by atoms with Crippen LogP contribution in [0.25, 0.3) is 0 Å². The van der Waals surface area contributed by atoms with E-state index in [1.807, 2.05) is 0 Å². The van der Waals surface area contributed by atoms with Crippen molar-refractivity contribution in [2.45, 2.75) is 52.9 Å². The average Bonchev–Trinajstić information content (AvgIpc) is 2.14. The largest absolute Gasteiger partial charge is 0.0883 e. The Hall–Kier alpha value is -0.260. The fourth-order valence-electron chi connectivity index (χ4n) is 1.83. The maximum Gasteiger partial charge on any atom is -0.0259 e. The van der Waals surface area contributed by atoms with Crippen LogP contribution >= 0.6 is 0 Å². The van der Waals surface area contributed by atoms with E-state index in [0.717, 1.165) is 18.3 Å². The summed E-state index contributed by atoms with van der Waals surface area (Å²) in [5, 5.41) is 0. The first-order chi connectivity index (χ1) is 6.24. The minimum absolute atomic E-state index is 0.734. The molecule has 0 aromatic carbocycles. The summed E-state index contributed by atoms with van der Waals surface area (Å²) < 4.78 is 0. The zero-order valence-corrected chi connectivity index (χ0v) is 9.55. The van der Waals surface area contributed by atoms with Crippen LogP contribution < -0.4 is 0 Å². The van der Waals surface area contributed by atoms with Gasteiger partial charge in [0, 0.05) is 0 Å². The molecule has 77 valence electrons. The summed E-state index contributed by atoms with van der Waals surface area (Å²) in [6.45, 7) is 10.7. The van der Waals surface area contributed by atoms with Gasteiger partial charge in [-0.05, 0) is 31.6 Å². The predicted octanol–water partition coefficient (Wildman–Crippen LogP) is 4.62. The first-order valence-corrected chi connectivity index (χ1v) is 5.70. The van der Waals surface area contributed by atoms with Gasteiger partial charge in [0.15, 0.2) is 0 Å². The third-order valence-electron chi connectivity index (χ3n) is 2.61. The molecule has 0 aliphatic rings. The highest BCUT2D eigenvalue weighted by atomic mass is 14.1. The molecule has 0 rings (SSSR count). The van der Waals surface area contributed by atoms with Crippen LogP contribution in [0, 0.1) is 18.8 Å². The molecule has 0 spiro atoms. The topological polar surface area (TPSA) is 0 Å². The van der Waals surface area contributed by atoms with Gasteiger partial charge < -0.3 is 0 Å². The van der Waals surface area contributed by atoms with Crippen LogP contribution in [0.1, 0.15) is 52.9 Å². The molecular weight excluding hydrogens is 156 g/mol. The van der Waals surface area contributed by atoms with E-state index >= 15 is 0 Å². The van der Waals surface area contributed by atoms with E-state index < -0.39 is 0 Å². The van der Waals surface area contributed by atoms with Crippen molar-refractivity contribution in [3.05, 3.63) is 19.1 Å². The van der Waals surface area contributed by atoms with Crippen molar-refractivity contribution in [3.8, 4) is 0 Å². The van der Waals surface area contributed by atoms with Gasteiger partial charge in [0.05, 0.1) is 0 Å². The predicted molar refractivity (Wildman–Crippen MR) is 61.6 cm³/mol. The Bertz CT molecular complexity index is 124. The smallest absolute Gasteiger partial charge is 0.0259 e. The molecule has 0 amide bonds. The van der Waals surface area contributed by atoms with E-state index in [9.17, 15) is 0 Å². The highest BCUT2D eigenvalue weighted by Crippen LogP contribution is 2.21. The van der Waals surface area contributed by atoms with Gasteiger partial charge in [0.2, 0.25) is 0 Å². The lowest BCUT2D eigenvalue weighted by molar-refractivity contribution is 0.390. The standard InChI is InChI=1S/C13H25/c1-5-8-10-12(4)11-13(7-3)9-6-2/h8,10,12-13H,1,5-7,9,11H2,2-4H3. The molecule has 13 heavy (non-hydrogen) atoms. The maximum absolute atomic E-state index is 3.81. The number of allylic oxidation sites excluding steroid dienone is 2. The second-order valence-corrected chi connectivity index (χ2v) is 3.99. The van der Waals surface area contributed by atoms with Gasteiger partial charge in [0.1, 0.15) is 0 Å². The Labute approximate surface area is 84.4 Å². The maximum atomic E-state index is 3.81. The monoisotopic (exact) mass is 181 g/mol. The SMILES string of the molecule is [CH2]CC=CC(C)CC(CC)CCC. The minimum atomic E-state index is 0.734. The molecule has 0 nitrogen and oxygen atoms in total. The summed E-state index contributed by atoms with van der Waals surface area (Å²) in [5.74, 6) is 1.66. The Morgan fingerprint density at radius 2 is 2.00 bits per heavy atom. The summed E-state index contributed by atoms with van der Waals surface area (Å²) in [6, 6.07) is 0. The molecule has 0 aliphatic carbocycles. The van der Waals surface area contributed by atoms with Crippen molar-refractivity contribution < 1.29 is 0 Å². The molecule has 0 aromatic heterocycles. The van der Waals surface area contributed by atoms with Crippen LogP contribution in [0.15, 0.2) is 12.2 Å². The zero-order chi connectivity index (χ0) is 10.1. The van der Waals surface area contributed by atoms with Crippen LogP contribution in [0.5, 0.6) is 0 Å². The van der Waals surface area contributed by atoms with Crippen LogP contribution in [-0.4, -0.2) is 0 Å². The van der Waals surface area contributed by atoms with Crippen molar-refractivity contribution >= 4 is 0 Å². The van der Waals surface area contributed by atoms with Crippen LogP contribution in [0.3, 0.4) is 0 Å². The fourth-order valence-corrected chi connectivity index (χ4v) is 1.83. The van der Waals surface area contributed by atoms with Crippen molar-refractivity contribution in [3.63, 3.8) is 0 Å². The number of hydrogen-bond acceptors (Lipinski definition) is 0. The van der Waals surface area contributed by atoms with Crippen molar-refractivity contribution in [1.29, 1.82) is 0 Å². The lowest BCUT2D eigenvalue weighted by atomic mass is 9.90. The lowest BCUT2D eigenvalue weighted by Gasteiger charge is -2.16. The Balaban J connectivity index is 3.71. The first kappa shape index (κ1) is 12.7. The Morgan fingerprint density at radius 1 is 1.31 bits per heavy atom. The normalized spacial score (nSPS) is 16.3. The van der Waals surface area contributed by atoms with Crippen LogP contribution in [-0.2, 0) is 0 Å². The van der Waals surface area contributed by atoms with E-state index in [1.54, 1.807) is 0 Å². The van der Waals surface area contributed by atoms with Crippen LogP contribution in [0.4, 0.5) is 0 Å². The second-order valence-electron chi connectivity index (χ2n) is 3.99.